The van der Waals surface area contributed by atoms with Gasteiger partial charge in [0.05, 0.1) is 16.9 Å². The number of aromatic nitrogens is 1. The van der Waals surface area contributed by atoms with Gasteiger partial charge in [-0.05, 0) is 60.6 Å². The maximum absolute atomic E-state index is 13.5. The third kappa shape index (κ3) is 4.87. The summed E-state index contributed by atoms with van der Waals surface area (Å²) in [6.45, 7) is 4.31. The first kappa shape index (κ1) is 22.1. The van der Waals surface area contributed by atoms with Gasteiger partial charge in [-0.3, -0.25) is 9.69 Å². The van der Waals surface area contributed by atoms with Crippen LogP contribution in [0.25, 0.3) is 0 Å². The fourth-order valence-corrected chi connectivity index (χ4v) is 5.02. The third-order valence-electron chi connectivity index (χ3n) is 5.59. The van der Waals surface area contributed by atoms with Crippen LogP contribution in [0.4, 0.5) is 11.4 Å². The number of thioether (sulfide) groups is 1. The number of hydrogen-bond acceptors (Lipinski definition) is 4. The molecule has 5 heteroatoms. The maximum Gasteiger partial charge on any atom is 0.232 e. The van der Waals surface area contributed by atoms with Crippen LogP contribution in [-0.2, 0) is 24.1 Å². The molecule has 3 aromatic rings. The van der Waals surface area contributed by atoms with Gasteiger partial charge in [-0.15, -0.1) is 11.8 Å². The molecule has 4 rings (SSSR count). The second-order valence-electron chi connectivity index (χ2n) is 8.45. The summed E-state index contributed by atoms with van der Waals surface area (Å²) in [5.74, 6) is 1.14. The molecule has 2 aromatic carbocycles. The summed E-state index contributed by atoms with van der Waals surface area (Å²) in [5, 5.41) is 10.2. The zero-order valence-electron chi connectivity index (χ0n) is 18.5. The van der Waals surface area contributed by atoms with Crippen molar-refractivity contribution in [2.45, 2.75) is 44.6 Å². The fourth-order valence-electron chi connectivity index (χ4n) is 4.10. The van der Waals surface area contributed by atoms with Gasteiger partial charge in [0.1, 0.15) is 11.1 Å². The Morgan fingerprint density at radius 1 is 1.03 bits per heavy atom. The first-order valence-corrected chi connectivity index (χ1v) is 12.1. The van der Waals surface area contributed by atoms with Crippen LogP contribution in [0.3, 0.4) is 0 Å². The first-order chi connectivity index (χ1) is 15.6. The Morgan fingerprint density at radius 2 is 1.66 bits per heavy atom. The van der Waals surface area contributed by atoms with Crippen LogP contribution in [0, 0.1) is 17.2 Å². The molecular formula is C27H27N3OS. The Hall–Kier alpha value is -3.10. The zero-order chi connectivity index (χ0) is 22.5. The number of pyridine rings is 1. The van der Waals surface area contributed by atoms with Gasteiger partial charge in [-0.2, -0.15) is 5.26 Å². The minimum Gasteiger partial charge on any atom is -0.280 e. The van der Waals surface area contributed by atoms with Crippen LogP contribution in [-0.4, -0.2) is 16.6 Å². The van der Waals surface area contributed by atoms with Crippen LogP contribution in [0.1, 0.15) is 42.7 Å². The molecule has 0 spiro atoms. The van der Waals surface area contributed by atoms with Gasteiger partial charge in [0, 0.05) is 17.9 Å². The highest BCUT2D eigenvalue weighted by Gasteiger charge is 2.25. The number of nitrogens with zero attached hydrogens (tertiary/aromatic N) is 3. The topological polar surface area (TPSA) is 57.0 Å². The number of amides is 1. The molecule has 1 aliphatic heterocycles. The van der Waals surface area contributed by atoms with Crippen molar-refractivity contribution in [1.29, 1.82) is 5.26 Å². The van der Waals surface area contributed by atoms with Crippen molar-refractivity contribution in [3.8, 4) is 6.07 Å². The van der Waals surface area contributed by atoms with E-state index >= 15 is 0 Å². The van der Waals surface area contributed by atoms with Crippen LogP contribution < -0.4 is 4.90 Å². The number of aryl methyl sites for hydroxylation is 2. The standard InChI is InChI=1S/C27H27N3OS/c1-19(2)17-23-14-13-22(18-28)27(29-23)32-16-15-26(31)30-24-9-5-3-7-20(24)11-12-21-8-4-6-10-25(21)30/h3-10,13-14,19H,11-12,15-17H2,1-2H3. The number of anilines is 2. The van der Waals surface area contributed by atoms with Crippen molar-refractivity contribution in [3.63, 3.8) is 0 Å². The molecule has 1 aromatic heterocycles. The minimum atomic E-state index is 0.0659. The second-order valence-corrected chi connectivity index (χ2v) is 9.53. The molecule has 162 valence electrons. The van der Waals surface area contributed by atoms with Crippen molar-refractivity contribution in [1.82, 2.24) is 4.98 Å². The van der Waals surface area contributed by atoms with Crippen LogP contribution >= 0.6 is 11.8 Å². The molecule has 32 heavy (non-hydrogen) atoms. The molecule has 0 fully saturated rings. The van der Waals surface area contributed by atoms with E-state index < -0.39 is 0 Å². The molecule has 2 heterocycles. The lowest BCUT2D eigenvalue weighted by Crippen LogP contribution is -2.27. The highest BCUT2D eigenvalue weighted by atomic mass is 32.2. The van der Waals surface area contributed by atoms with Crippen LogP contribution in [0.5, 0.6) is 0 Å². The zero-order valence-corrected chi connectivity index (χ0v) is 19.4. The predicted molar refractivity (Wildman–Crippen MR) is 130 cm³/mol. The molecule has 0 unspecified atom stereocenters. The molecule has 0 bridgehead atoms. The number of carbonyl (C=O) groups excluding carboxylic acids is 1. The normalized spacial score (nSPS) is 12.6. The van der Waals surface area contributed by atoms with E-state index in [1.807, 2.05) is 53.4 Å². The summed E-state index contributed by atoms with van der Waals surface area (Å²) in [4.78, 5) is 20.0. The van der Waals surface area contributed by atoms with E-state index in [9.17, 15) is 10.1 Å². The summed E-state index contributed by atoms with van der Waals surface area (Å²) in [6.07, 6.45) is 3.08. The first-order valence-electron chi connectivity index (χ1n) is 11.1. The highest BCUT2D eigenvalue weighted by molar-refractivity contribution is 7.99. The quantitative estimate of drug-likeness (QED) is 0.434. The van der Waals surface area contributed by atoms with E-state index in [2.05, 4.69) is 32.0 Å². The molecule has 0 saturated heterocycles. The SMILES string of the molecule is CC(C)Cc1ccc(C#N)c(SCCC(=O)N2c3ccccc3CCc3ccccc32)n1. The van der Waals surface area contributed by atoms with Crippen molar-refractivity contribution in [3.05, 3.63) is 83.0 Å². The molecule has 1 aliphatic rings. The van der Waals surface area contributed by atoms with Crippen LogP contribution in [0.2, 0.25) is 0 Å². The molecule has 0 aliphatic carbocycles. The Labute approximate surface area is 194 Å². The van der Waals surface area contributed by atoms with Gasteiger partial charge >= 0.3 is 0 Å². The van der Waals surface area contributed by atoms with E-state index in [-0.39, 0.29) is 5.91 Å². The second kappa shape index (κ2) is 10.0. The third-order valence-corrected chi connectivity index (χ3v) is 6.58. The average molecular weight is 442 g/mol. The molecule has 0 N–H and O–H groups in total. The Kier molecular flexibility index (Phi) is 6.92. The number of nitriles is 1. The summed E-state index contributed by atoms with van der Waals surface area (Å²) in [6, 6.07) is 22.3. The maximum atomic E-state index is 13.5. The summed E-state index contributed by atoms with van der Waals surface area (Å²) < 4.78 is 0. The van der Waals surface area contributed by atoms with Gasteiger partial charge < -0.3 is 0 Å². The van der Waals surface area contributed by atoms with E-state index in [4.69, 9.17) is 4.98 Å². The van der Waals surface area contributed by atoms with E-state index in [0.717, 1.165) is 41.4 Å². The Balaban J connectivity index is 1.54. The highest BCUT2D eigenvalue weighted by Crippen LogP contribution is 2.36. The molecule has 1 amide bonds. The number of benzene rings is 2. The fraction of sp³-hybridized carbons (Fsp3) is 0.296. The molecule has 0 saturated carbocycles. The monoisotopic (exact) mass is 441 g/mol. The lowest BCUT2D eigenvalue weighted by Gasteiger charge is -2.25. The average Bonchev–Trinajstić information content (AvgIpc) is 2.96. The summed E-state index contributed by atoms with van der Waals surface area (Å²) in [7, 11) is 0. The molecule has 4 nitrogen and oxygen atoms in total. The Morgan fingerprint density at radius 3 is 2.25 bits per heavy atom. The van der Waals surface area contributed by atoms with E-state index in [0.29, 0.717) is 23.7 Å². The lowest BCUT2D eigenvalue weighted by molar-refractivity contribution is -0.117. The number of para-hydroxylation sites is 2. The number of carbonyl (C=O) groups is 1. The van der Waals surface area contributed by atoms with Gasteiger partial charge in [-0.25, -0.2) is 4.98 Å². The van der Waals surface area contributed by atoms with Crippen molar-refractivity contribution >= 4 is 29.0 Å². The molecule has 0 radical (unpaired) electrons. The smallest absolute Gasteiger partial charge is 0.232 e. The van der Waals surface area contributed by atoms with Gasteiger partial charge in [-0.1, -0.05) is 50.2 Å². The summed E-state index contributed by atoms with van der Waals surface area (Å²) >= 11 is 1.49. The van der Waals surface area contributed by atoms with Gasteiger partial charge in [0.15, 0.2) is 0 Å². The largest absolute Gasteiger partial charge is 0.280 e. The van der Waals surface area contributed by atoms with Crippen LogP contribution in [0.15, 0.2) is 65.7 Å². The minimum absolute atomic E-state index is 0.0659. The van der Waals surface area contributed by atoms with Gasteiger partial charge in [0.2, 0.25) is 5.91 Å². The van der Waals surface area contributed by atoms with Crippen molar-refractivity contribution in [2.24, 2.45) is 5.92 Å². The molecular weight excluding hydrogens is 414 g/mol. The van der Waals surface area contributed by atoms with Gasteiger partial charge in [0.25, 0.3) is 0 Å². The number of fused-ring (bicyclic) bond motifs is 2. The van der Waals surface area contributed by atoms with Crippen molar-refractivity contribution in [2.75, 3.05) is 10.7 Å². The van der Waals surface area contributed by atoms with Crippen molar-refractivity contribution < 1.29 is 4.79 Å². The predicted octanol–water partition coefficient (Wildman–Crippen LogP) is 6.10. The number of rotatable bonds is 6. The summed E-state index contributed by atoms with van der Waals surface area (Å²) in [5.41, 5.74) is 5.90. The Bertz CT molecular complexity index is 1120. The lowest BCUT2D eigenvalue weighted by atomic mass is 10.0. The van der Waals surface area contributed by atoms with E-state index in [1.54, 1.807) is 0 Å². The number of hydrogen-bond donors (Lipinski definition) is 0. The van der Waals surface area contributed by atoms with E-state index in [1.165, 1.54) is 22.9 Å². The molecule has 0 atom stereocenters.